The minimum Gasteiger partial charge on any atom is -0.350 e. The average Bonchev–Trinajstić information content (AvgIpc) is 2.96. The molecule has 2 aliphatic rings. The van der Waals surface area contributed by atoms with Crippen LogP contribution in [0.1, 0.15) is 49.3 Å². The molecule has 0 atom stereocenters. The molecule has 1 aromatic heterocycles. The number of carbonyl (C=O) groups is 2. The van der Waals surface area contributed by atoms with Crippen LogP contribution in [0.15, 0.2) is 35.4 Å². The Morgan fingerprint density at radius 2 is 1.90 bits per heavy atom. The summed E-state index contributed by atoms with van der Waals surface area (Å²) in [4.78, 5) is 24.7. The Balaban J connectivity index is 1.34. The number of carbonyl (C=O) groups excluding carboxylic acids is 2. The van der Waals surface area contributed by atoms with Gasteiger partial charge in [-0.05, 0) is 18.4 Å². The standard InChI is InChI=1S/C21H26N6O2/c28-20-11-10-17(25-27(20)15-16-7-3-1-4-8-16)21(29)22-13-12-19-24-23-18-9-5-2-6-14-26(18)19/h1,3-4,7-8H,2,5-6,9-15H2,(H,22,29). The van der Waals surface area contributed by atoms with E-state index in [0.29, 0.717) is 38.1 Å². The van der Waals surface area contributed by atoms with Crippen LogP contribution in [0.25, 0.3) is 0 Å². The summed E-state index contributed by atoms with van der Waals surface area (Å²) in [6.45, 7) is 1.81. The number of amides is 2. The minimum absolute atomic E-state index is 0.0587. The molecule has 8 heteroatoms. The van der Waals surface area contributed by atoms with Gasteiger partial charge in [0.25, 0.3) is 5.91 Å². The van der Waals surface area contributed by atoms with Gasteiger partial charge in [0.15, 0.2) is 0 Å². The van der Waals surface area contributed by atoms with E-state index in [2.05, 4.69) is 25.2 Å². The number of benzene rings is 1. The molecular weight excluding hydrogens is 368 g/mol. The molecule has 2 aliphatic heterocycles. The lowest BCUT2D eigenvalue weighted by atomic mass is 10.1. The number of nitrogens with one attached hydrogen (secondary N) is 1. The summed E-state index contributed by atoms with van der Waals surface area (Å²) in [7, 11) is 0. The number of nitrogens with zero attached hydrogens (tertiary/aromatic N) is 5. The number of rotatable bonds is 6. The molecule has 0 unspecified atom stereocenters. The first-order valence-corrected chi connectivity index (χ1v) is 10.3. The van der Waals surface area contributed by atoms with Gasteiger partial charge in [-0.25, -0.2) is 5.01 Å². The van der Waals surface area contributed by atoms with Crippen molar-refractivity contribution in [3.8, 4) is 0 Å². The number of aryl methyl sites for hydroxylation is 1. The highest BCUT2D eigenvalue weighted by molar-refractivity contribution is 6.39. The molecule has 0 fully saturated rings. The normalized spacial score (nSPS) is 16.8. The zero-order chi connectivity index (χ0) is 20.1. The maximum atomic E-state index is 12.6. The maximum absolute atomic E-state index is 12.6. The van der Waals surface area contributed by atoms with Crippen LogP contribution in [0.5, 0.6) is 0 Å². The van der Waals surface area contributed by atoms with E-state index in [9.17, 15) is 9.59 Å². The monoisotopic (exact) mass is 394 g/mol. The highest BCUT2D eigenvalue weighted by atomic mass is 16.2. The third-order valence-corrected chi connectivity index (χ3v) is 5.36. The van der Waals surface area contributed by atoms with Gasteiger partial charge in [0.05, 0.1) is 6.54 Å². The molecule has 4 rings (SSSR count). The van der Waals surface area contributed by atoms with Gasteiger partial charge < -0.3 is 9.88 Å². The molecule has 0 saturated heterocycles. The highest BCUT2D eigenvalue weighted by Gasteiger charge is 2.24. The Bertz CT molecular complexity index is 905. The summed E-state index contributed by atoms with van der Waals surface area (Å²) in [5.41, 5.74) is 1.39. The van der Waals surface area contributed by atoms with Gasteiger partial charge in [-0.2, -0.15) is 5.10 Å². The molecule has 0 saturated carbocycles. The molecule has 8 nitrogen and oxygen atoms in total. The fourth-order valence-electron chi connectivity index (χ4n) is 3.76. The van der Waals surface area contributed by atoms with Gasteiger partial charge in [0.2, 0.25) is 5.91 Å². The molecule has 0 bridgehead atoms. The van der Waals surface area contributed by atoms with Crippen LogP contribution in [-0.2, 0) is 35.5 Å². The van der Waals surface area contributed by atoms with Crippen molar-refractivity contribution in [3.63, 3.8) is 0 Å². The lowest BCUT2D eigenvalue weighted by molar-refractivity contribution is -0.132. The molecule has 0 spiro atoms. The SMILES string of the molecule is O=C(NCCc1nnc2n1CCCCC2)C1=NN(Cc2ccccc2)C(=O)CC1. The summed E-state index contributed by atoms with van der Waals surface area (Å²) < 4.78 is 2.19. The zero-order valence-corrected chi connectivity index (χ0v) is 16.5. The first kappa shape index (κ1) is 19.3. The van der Waals surface area contributed by atoms with Crippen LogP contribution in [0.4, 0.5) is 0 Å². The predicted octanol–water partition coefficient (Wildman–Crippen LogP) is 1.84. The average molecular weight is 394 g/mol. The van der Waals surface area contributed by atoms with Crippen LogP contribution in [0.2, 0.25) is 0 Å². The predicted molar refractivity (Wildman–Crippen MR) is 108 cm³/mol. The largest absolute Gasteiger partial charge is 0.350 e. The molecule has 0 aliphatic carbocycles. The first-order chi connectivity index (χ1) is 14.2. The minimum atomic E-state index is -0.217. The van der Waals surface area contributed by atoms with Crippen LogP contribution < -0.4 is 5.32 Å². The van der Waals surface area contributed by atoms with E-state index in [1.165, 1.54) is 11.4 Å². The molecule has 1 N–H and O–H groups in total. The molecule has 0 radical (unpaired) electrons. The second-order valence-electron chi connectivity index (χ2n) is 7.48. The Kier molecular flexibility index (Phi) is 5.97. The van der Waals surface area contributed by atoms with Crippen molar-refractivity contribution < 1.29 is 9.59 Å². The Morgan fingerprint density at radius 3 is 2.76 bits per heavy atom. The van der Waals surface area contributed by atoms with Crippen molar-refractivity contribution >= 4 is 17.5 Å². The van der Waals surface area contributed by atoms with Crippen molar-refractivity contribution in [2.75, 3.05) is 6.54 Å². The number of hydrazone groups is 1. The Morgan fingerprint density at radius 1 is 1.03 bits per heavy atom. The van der Waals surface area contributed by atoms with Gasteiger partial charge in [-0.15, -0.1) is 10.2 Å². The lowest BCUT2D eigenvalue weighted by Crippen LogP contribution is -2.39. The van der Waals surface area contributed by atoms with Crippen LogP contribution in [0.3, 0.4) is 0 Å². The summed E-state index contributed by atoms with van der Waals surface area (Å²) >= 11 is 0. The third kappa shape index (κ3) is 4.70. The second kappa shape index (κ2) is 8.98. The molecule has 29 heavy (non-hydrogen) atoms. The number of aromatic nitrogens is 3. The molecule has 3 heterocycles. The first-order valence-electron chi connectivity index (χ1n) is 10.3. The van der Waals surface area contributed by atoms with Gasteiger partial charge >= 0.3 is 0 Å². The highest BCUT2D eigenvalue weighted by Crippen LogP contribution is 2.15. The summed E-state index contributed by atoms with van der Waals surface area (Å²) in [6.07, 6.45) is 5.81. The Labute approximate surface area is 170 Å². The quantitative estimate of drug-likeness (QED) is 0.809. The van der Waals surface area contributed by atoms with E-state index in [1.807, 2.05) is 30.3 Å². The fraction of sp³-hybridized carbons (Fsp3) is 0.476. The van der Waals surface area contributed by atoms with E-state index in [-0.39, 0.29) is 11.8 Å². The van der Waals surface area contributed by atoms with Crippen LogP contribution in [-0.4, -0.2) is 43.8 Å². The smallest absolute Gasteiger partial charge is 0.267 e. The molecule has 2 aromatic rings. The van der Waals surface area contributed by atoms with E-state index in [1.54, 1.807) is 0 Å². The summed E-state index contributed by atoms with van der Waals surface area (Å²) in [5, 5.41) is 17.2. The van der Waals surface area contributed by atoms with Crippen molar-refractivity contribution in [3.05, 3.63) is 47.5 Å². The fourth-order valence-corrected chi connectivity index (χ4v) is 3.76. The maximum Gasteiger partial charge on any atom is 0.267 e. The molecule has 152 valence electrons. The van der Waals surface area contributed by atoms with E-state index >= 15 is 0 Å². The number of hydrogen-bond acceptors (Lipinski definition) is 5. The van der Waals surface area contributed by atoms with Crippen LogP contribution >= 0.6 is 0 Å². The van der Waals surface area contributed by atoms with Crippen molar-refractivity contribution in [2.45, 2.75) is 58.0 Å². The van der Waals surface area contributed by atoms with Crippen LogP contribution in [0, 0.1) is 0 Å². The van der Waals surface area contributed by atoms with Gasteiger partial charge in [-0.1, -0.05) is 36.8 Å². The van der Waals surface area contributed by atoms with Gasteiger partial charge in [0.1, 0.15) is 17.4 Å². The lowest BCUT2D eigenvalue weighted by Gasteiger charge is -2.23. The van der Waals surface area contributed by atoms with Crippen molar-refractivity contribution in [2.24, 2.45) is 5.10 Å². The zero-order valence-electron chi connectivity index (χ0n) is 16.5. The topological polar surface area (TPSA) is 92.5 Å². The molecule has 2 amide bonds. The second-order valence-corrected chi connectivity index (χ2v) is 7.48. The summed E-state index contributed by atoms with van der Waals surface area (Å²) in [5.74, 6) is 1.70. The number of hydrogen-bond donors (Lipinski definition) is 1. The van der Waals surface area contributed by atoms with Gasteiger partial charge in [0, 0.05) is 38.8 Å². The molecule has 1 aromatic carbocycles. The van der Waals surface area contributed by atoms with Crippen molar-refractivity contribution in [1.82, 2.24) is 25.1 Å². The summed E-state index contributed by atoms with van der Waals surface area (Å²) in [6, 6.07) is 9.66. The number of fused-ring (bicyclic) bond motifs is 1. The van der Waals surface area contributed by atoms with E-state index in [4.69, 9.17) is 0 Å². The van der Waals surface area contributed by atoms with Gasteiger partial charge in [-0.3, -0.25) is 9.59 Å². The van der Waals surface area contributed by atoms with E-state index < -0.39 is 0 Å². The van der Waals surface area contributed by atoms with E-state index in [0.717, 1.165) is 43.0 Å². The Hall–Kier alpha value is -3.03. The third-order valence-electron chi connectivity index (χ3n) is 5.36. The van der Waals surface area contributed by atoms with Crippen molar-refractivity contribution in [1.29, 1.82) is 0 Å². The molecular formula is C21H26N6O2.